The first kappa shape index (κ1) is 14.9. The smallest absolute Gasteiger partial charge is 0.222 e. The van der Waals surface area contributed by atoms with E-state index in [0.717, 1.165) is 25.0 Å². The predicted molar refractivity (Wildman–Crippen MR) is 82.5 cm³/mol. The summed E-state index contributed by atoms with van der Waals surface area (Å²) in [5.41, 5.74) is -0.156. The van der Waals surface area contributed by atoms with Gasteiger partial charge in [0.1, 0.15) is 5.76 Å². The zero-order chi connectivity index (χ0) is 15.3. The quantitative estimate of drug-likeness (QED) is 0.891. The molecule has 1 aliphatic heterocycles. The maximum atomic E-state index is 12.3. The Labute approximate surface area is 130 Å². The van der Waals surface area contributed by atoms with Gasteiger partial charge >= 0.3 is 0 Å². The van der Waals surface area contributed by atoms with E-state index in [1.54, 1.807) is 6.26 Å². The Morgan fingerprint density at radius 3 is 2.68 bits per heavy atom. The lowest BCUT2D eigenvalue weighted by Gasteiger charge is -2.38. The van der Waals surface area contributed by atoms with E-state index in [1.807, 2.05) is 36.7 Å². The van der Waals surface area contributed by atoms with Crippen molar-refractivity contribution < 1.29 is 13.9 Å². The minimum atomic E-state index is -0.156. The number of furan rings is 1. The average molecular weight is 302 g/mol. The summed E-state index contributed by atoms with van der Waals surface area (Å²) in [7, 11) is 0. The number of hydrogen-bond acceptors (Lipinski definition) is 3. The van der Waals surface area contributed by atoms with Crippen LogP contribution in [0.25, 0.3) is 0 Å². The Bertz CT molecular complexity index is 569. The van der Waals surface area contributed by atoms with E-state index >= 15 is 0 Å². The molecule has 3 heterocycles. The van der Waals surface area contributed by atoms with Gasteiger partial charge in [0.15, 0.2) is 0 Å². The maximum absolute atomic E-state index is 12.3. The summed E-state index contributed by atoms with van der Waals surface area (Å²) >= 11 is 0. The minimum Gasteiger partial charge on any atom is -0.469 e. The largest absolute Gasteiger partial charge is 0.469 e. The molecule has 1 aliphatic rings. The Kier molecular flexibility index (Phi) is 4.63. The van der Waals surface area contributed by atoms with Crippen LogP contribution in [0.2, 0.25) is 0 Å². The molecule has 118 valence electrons. The van der Waals surface area contributed by atoms with Crippen LogP contribution in [0.1, 0.15) is 25.0 Å². The third kappa shape index (κ3) is 3.42. The van der Waals surface area contributed by atoms with Crippen LogP contribution in [-0.4, -0.2) is 30.2 Å². The molecule has 0 radical (unpaired) electrons. The molecule has 2 aromatic heterocycles. The Balaban J connectivity index is 1.57. The van der Waals surface area contributed by atoms with Crippen molar-refractivity contribution in [1.29, 1.82) is 0 Å². The predicted octanol–water partition coefficient (Wildman–Crippen LogP) is 2.34. The molecule has 2 aromatic rings. The number of hydrogen-bond donors (Lipinski definition) is 1. The summed E-state index contributed by atoms with van der Waals surface area (Å²) in [6.45, 7) is 2.01. The van der Waals surface area contributed by atoms with E-state index in [0.29, 0.717) is 26.2 Å². The van der Waals surface area contributed by atoms with E-state index in [-0.39, 0.29) is 11.4 Å². The topological polar surface area (TPSA) is 56.4 Å². The molecule has 0 bridgehead atoms. The molecule has 0 saturated carbocycles. The first-order chi connectivity index (χ1) is 10.8. The molecule has 1 amide bonds. The van der Waals surface area contributed by atoms with Gasteiger partial charge in [-0.3, -0.25) is 4.79 Å². The van der Waals surface area contributed by atoms with Crippen LogP contribution in [0, 0.1) is 0 Å². The van der Waals surface area contributed by atoms with Crippen LogP contribution in [0.15, 0.2) is 47.3 Å². The monoisotopic (exact) mass is 302 g/mol. The summed E-state index contributed by atoms with van der Waals surface area (Å²) in [5.74, 6) is 0.980. The van der Waals surface area contributed by atoms with Crippen molar-refractivity contribution in [3.8, 4) is 0 Å². The molecular weight excluding hydrogens is 280 g/mol. The van der Waals surface area contributed by atoms with Gasteiger partial charge in [-0.25, -0.2) is 0 Å². The van der Waals surface area contributed by atoms with Gasteiger partial charge in [-0.05, 0) is 37.1 Å². The summed E-state index contributed by atoms with van der Waals surface area (Å²) in [6.07, 6.45) is 8.69. The van der Waals surface area contributed by atoms with E-state index in [4.69, 9.17) is 9.15 Å². The number of ether oxygens (including phenoxy) is 1. The summed E-state index contributed by atoms with van der Waals surface area (Å²) in [4.78, 5) is 12.3. The molecule has 1 saturated heterocycles. The van der Waals surface area contributed by atoms with Gasteiger partial charge in [0, 0.05) is 38.6 Å². The fourth-order valence-electron chi connectivity index (χ4n) is 3.07. The van der Waals surface area contributed by atoms with Gasteiger partial charge in [0.05, 0.1) is 18.2 Å². The molecular formula is C17H22N2O3. The number of carbonyl (C=O) groups is 1. The molecule has 0 spiro atoms. The SMILES string of the molecule is O=C(CC1(n2cccc2)CCOCC1)NCCc1ccco1. The molecule has 0 unspecified atom stereocenters. The second-order valence-electron chi connectivity index (χ2n) is 5.78. The van der Waals surface area contributed by atoms with Crippen molar-refractivity contribution in [2.75, 3.05) is 19.8 Å². The Morgan fingerprint density at radius 2 is 2.00 bits per heavy atom. The van der Waals surface area contributed by atoms with Crippen molar-refractivity contribution in [1.82, 2.24) is 9.88 Å². The molecule has 1 fully saturated rings. The lowest BCUT2D eigenvalue weighted by molar-refractivity contribution is -0.124. The summed E-state index contributed by atoms with van der Waals surface area (Å²) < 4.78 is 12.9. The zero-order valence-electron chi connectivity index (χ0n) is 12.7. The lowest BCUT2D eigenvalue weighted by atomic mass is 9.86. The highest BCUT2D eigenvalue weighted by atomic mass is 16.5. The number of rotatable bonds is 6. The van der Waals surface area contributed by atoms with E-state index in [2.05, 4.69) is 9.88 Å². The van der Waals surface area contributed by atoms with Crippen LogP contribution < -0.4 is 5.32 Å². The minimum absolute atomic E-state index is 0.0853. The van der Waals surface area contributed by atoms with Gasteiger partial charge in [0.2, 0.25) is 5.91 Å². The van der Waals surface area contributed by atoms with Crippen LogP contribution in [0.3, 0.4) is 0 Å². The van der Waals surface area contributed by atoms with Crippen molar-refractivity contribution in [2.24, 2.45) is 0 Å². The standard InChI is InChI=1S/C17H22N2O3/c20-16(18-8-5-15-4-3-11-22-15)14-17(6-12-21-13-7-17)19-9-1-2-10-19/h1-4,9-11H,5-8,12-14H2,(H,18,20). The summed E-state index contributed by atoms with van der Waals surface area (Å²) in [5, 5.41) is 3.00. The fraction of sp³-hybridized carbons (Fsp3) is 0.471. The molecule has 22 heavy (non-hydrogen) atoms. The maximum Gasteiger partial charge on any atom is 0.222 e. The van der Waals surface area contributed by atoms with Crippen molar-refractivity contribution >= 4 is 5.91 Å². The lowest BCUT2D eigenvalue weighted by Crippen LogP contribution is -2.43. The average Bonchev–Trinajstić information content (AvgIpc) is 3.22. The molecule has 0 aliphatic carbocycles. The number of aromatic nitrogens is 1. The first-order valence-electron chi connectivity index (χ1n) is 7.79. The van der Waals surface area contributed by atoms with Crippen molar-refractivity contribution in [3.63, 3.8) is 0 Å². The van der Waals surface area contributed by atoms with E-state index in [9.17, 15) is 4.79 Å². The van der Waals surface area contributed by atoms with Crippen LogP contribution >= 0.6 is 0 Å². The fourth-order valence-corrected chi connectivity index (χ4v) is 3.07. The van der Waals surface area contributed by atoms with Gasteiger partial charge in [-0.1, -0.05) is 0 Å². The normalized spacial score (nSPS) is 17.3. The van der Waals surface area contributed by atoms with Crippen LogP contribution in [0.4, 0.5) is 0 Å². The molecule has 0 aromatic carbocycles. The van der Waals surface area contributed by atoms with Crippen molar-refractivity contribution in [2.45, 2.75) is 31.2 Å². The number of nitrogens with zero attached hydrogens (tertiary/aromatic N) is 1. The Hall–Kier alpha value is -2.01. The molecule has 3 rings (SSSR count). The second kappa shape index (κ2) is 6.83. The third-order valence-corrected chi connectivity index (χ3v) is 4.34. The van der Waals surface area contributed by atoms with E-state index in [1.165, 1.54) is 0 Å². The highest BCUT2D eigenvalue weighted by Crippen LogP contribution is 2.32. The van der Waals surface area contributed by atoms with Crippen LogP contribution in [0.5, 0.6) is 0 Å². The molecule has 5 heteroatoms. The number of nitrogens with one attached hydrogen (secondary N) is 1. The molecule has 0 atom stereocenters. The molecule has 5 nitrogen and oxygen atoms in total. The van der Waals surface area contributed by atoms with Gasteiger partial charge in [-0.2, -0.15) is 0 Å². The van der Waals surface area contributed by atoms with Gasteiger partial charge in [-0.15, -0.1) is 0 Å². The third-order valence-electron chi connectivity index (χ3n) is 4.34. The Morgan fingerprint density at radius 1 is 1.23 bits per heavy atom. The highest BCUT2D eigenvalue weighted by Gasteiger charge is 2.35. The van der Waals surface area contributed by atoms with Crippen LogP contribution in [-0.2, 0) is 21.5 Å². The summed E-state index contributed by atoms with van der Waals surface area (Å²) in [6, 6.07) is 7.80. The highest BCUT2D eigenvalue weighted by molar-refractivity contribution is 5.77. The second-order valence-corrected chi connectivity index (χ2v) is 5.78. The van der Waals surface area contributed by atoms with Gasteiger partial charge < -0.3 is 19.0 Å². The van der Waals surface area contributed by atoms with Gasteiger partial charge in [0.25, 0.3) is 0 Å². The number of amides is 1. The zero-order valence-corrected chi connectivity index (χ0v) is 12.7. The van der Waals surface area contributed by atoms with E-state index < -0.39 is 0 Å². The number of carbonyl (C=O) groups excluding carboxylic acids is 1. The first-order valence-corrected chi connectivity index (χ1v) is 7.79. The molecule has 1 N–H and O–H groups in total. The van der Waals surface area contributed by atoms with Crippen molar-refractivity contribution in [3.05, 3.63) is 48.7 Å².